The molecule has 0 spiro atoms. The van der Waals surface area contributed by atoms with Gasteiger partial charge in [-0.15, -0.1) is 0 Å². The molecule has 0 fully saturated rings. The van der Waals surface area contributed by atoms with E-state index < -0.39 is 21.5 Å². The van der Waals surface area contributed by atoms with Crippen molar-refractivity contribution in [1.82, 2.24) is 5.32 Å². The van der Waals surface area contributed by atoms with E-state index in [1.54, 1.807) is 6.92 Å². The van der Waals surface area contributed by atoms with Crippen LogP contribution >= 0.6 is 0 Å². The van der Waals surface area contributed by atoms with Crippen molar-refractivity contribution in [2.24, 2.45) is 0 Å². The maximum Gasteiger partial charge on any atom is 0.179 e. The van der Waals surface area contributed by atoms with Crippen molar-refractivity contribution < 1.29 is 17.2 Å². The van der Waals surface area contributed by atoms with E-state index in [-0.39, 0.29) is 16.7 Å². The minimum Gasteiger partial charge on any atom is -0.313 e. The lowest BCUT2D eigenvalue weighted by Crippen LogP contribution is -2.33. The number of rotatable bonds is 6. The van der Waals surface area contributed by atoms with Crippen LogP contribution < -0.4 is 5.32 Å². The Kier molecular flexibility index (Phi) is 5.22. The van der Waals surface area contributed by atoms with Gasteiger partial charge in [-0.1, -0.05) is 6.92 Å². The van der Waals surface area contributed by atoms with Crippen LogP contribution in [-0.4, -0.2) is 26.8 Å². The van der Waals surface area contributed by atoms with Crippen molar-refractivity contribution in [2.75, 3.05) is 12.3 Å². The third-order valence-electron chi connectivity index (χ3n) is 2.46. The molecule has 0 saturated heterocycles. The van der Waals surface area contributed by atoms with E-state index in [2.05, 4.69) is 5.32 Å². The van der Waals surface area contributed by atoms with Crippen LogP contribution in [0.5, 0.6) is 0 Å². The normalized spacial score (nSPS) is 13.6. The molecule has 1 atom stereocenters. The molecule has 0 heterocycles. The van der Waals surface area contributed by atoms with Crippen molar-refractivity contribution >= 4 is 9.84 Å². The number of sulfone groups is 1. The van der Waals surface area contributed by atoms with E-state index in [9.17, 15) is 17.2 Å². The van der Waals surface area contributed by atoms with Crippen LogP contribution in [0.1, 0.15) is 20.3 Å². The third-order valence-corrected chi connectivity index (χ3v) is 4.37. The largest absolute Gasteiger partial charge is 0.313 e. The molecule has 6 heteroatoms. The van der Waals surface area contributed by atoms with E-state index in [1.807, 2.05) is 6.92 Å². The highest BCUT2D eigenvalue weighted by atomic mass is 32.2. The van der Waals surface area contributed by atoms with Gasteiger partial charge in [-0.2, -0.15) is 0 Å². The molecule has 1 unspecified atom stereocenters. The lowest BCUT2D eigenvalue weighted by atomic mass is 10.3. The van der Waals surface area contributed by atoms with Gasteiger partial charge in [0.2, 0.25) is 0 Å². The summed E-state index contributed by atoms with van der Waals surface area (Å²) >= 11 is 0. The van der Waals surface area contributed by atoms with E-state index in [0.717, 1.165) is 24.6 Å². The van der Waals surface area contributed by atoms with Crippen molar-refractivity contribution in [3.63, 3.8) is 0 Å². The number of hydrogen-bond acceptors (Lipinski definition) is 3. The van der Waals surface area contributed by atoms with Gasteiger partial charge in [0.15, 0.2) is 21.5 Å². The zero-order chi connectivity index (χ0) is 13.8. The fraction of sp³-hybridized carbons (Fsp3) is 0.500. The van der Waals surface area contributed by atoms with Gasteiger partial charge in [-0.05, 0) is 38.1 Å². The zero-order valence-corrected chi connectivity index (χ0v) is 11.2. The van der Waals surface area contributed by atoms with Crippen LogP contribution in [0.2, 0.25) is 0 Å². The van der Waals surface area contributed by atoms with Crippen LogP contribution in [0.25, 0.3) is 0 Å². The Morgan fingerprint density at radius 2 is 1.94 bits per heavy atom. The van der Waals surface area contributed by atoms with Crippen molar-refractivity contribution in [3.05, 3.63) is 29.8 Å². The highest BCUT2D eigenvalue weighted by molar-refractivity contribution is 7.91. The summed E-state index contributed by atoms with van der Waals surface area (Å²) in [6.45, 7) is 4.44. The van der Waals surface area contributed by atoms with Gasteiger partial charge in [0, 0.05) is 6.04 Å². The number of nitrogens with one attached hydrogen (secondary N) is 1. The molecule has 102 valence electrons. The highest BCUT2D eigenvalue weighted by Crippen LogP contribution is 2.15. The standard InChI is InChI=1S/C12H17F2NO2S/c1-3-6-15-9(2)8-18(16,17)10-4-5-11(13)12(14)7-10/h4-5,7,9,15H,3,6,8H2,1-2H3. The van der Waals surface area contributed by atoms with Gasteiger partial charge in [-0.25, -0.2) is 17.2 Å². The zero-order valence-electron chi connectivity index (χ0n) is 10.4. The number of halogens is 2. The lowest BCUT2D eigenvalue weighted by molar-refractivity contribution is 0.504. The minimum absolute atomic E-state index is 0.141. The van der Waals surface area contributed by atoms with Crippen LogP contribution in [-0.2, 0) is 9.84 Å². The summed E-state index contributed by atoms with van der Waals surface area (Å²) in [5.74, 6) is -2.34. The summed E-state index contributed by atoms with van der Waals surface area (Å²) in [5.41, 5.74) is 0. The van der Waals surface area contributed by atoms with Crippen molar-refractivity contribution in [2.45, 2.75) is 31.2 Å². The van der Waals surface area contributed by atoms with Gasteiger partial charge in [0.05, 0.1) is 10.6 Å². The fourth-order valence-electron chi connectivity index (χ4n) is 1.55. The van der Waals surface area contributed by atoms with E-state index in [0.29, 0.717) is 6.54 Å². The van der Waals surface area contributed by atoms with Crippen molar-refractivity contribution in [1.29, 1.82) is 0 Å². The third kappa shape index (κ3) is 4.03. The molecule has 0 saturated carbocycles. The Morgan fingerprint density at radius 3 is 2.50 bits per heavy atom. The second-order valence-corrected chi connectivity index (χ2v) is 6.25. The van der Waals surface area contributed by atoms with Crippen LogP contribution in [0.4, 0.5) is 8.78 Å². The molecule has 1 aromatic rings. The molecular weight excluding hydrogens is 260 g/mol. The summed E-state index contributed by atoms with van der Waals surface area (Å²) < 4.78 is 49.6. The number of hydrogen-bond donors (Lipinski definition) is 1. The predicted octanol–water partition coefficient (Wildman–Crippen LogP) is 2.13. The molecule has 0 bridgehead atoms. The Bertz CT molecular complexity index is 503. The Hall–Kier alpha value is -1.01. The molecule has 0 aliphatic carbocycles. The molecule has 0 radical (unpaired) electrons. The van der Waals surface area contributed by atoms with E-state index in [1.165, 1.54) is 0 Å². The second kappa shape index (κ2) is 6.24. The van der Waals surface area contributed by atoms with Gasteiger partial charge in [-0.3, -0.25) is 0 Å². The smallest absolute Gasteiger partial charge is 0.179 e. The van der Waals surface area contributed by atoms with Crippen LogP contribution in [0, 0.1) is 11.6 Å². The fourth-order valence-corrected chi connectivity index (χ4v) is 3.07. The molecule has 18 heavy (non-hydrogen) atoms. The Labute approximate surface area is 106 Å². The summed E-state index contributed by atoms with van der Waals surface area (Å²) in [5, 5.41) is 3.04. The summed E-state index contributed by atoms with van der Waals surface area (Å²) in [6.07, 6.45) is 0.898. The molecule has 3 nitrogen and oxygen atoms in total. The van der Waals surface area contributed by atoms with Gasteiger partial charge >= 0.3 is 0 Å². The summed E-state index contributed by atoms with van der Waals surface area (Å²) in [6, 6.07) is 2.40. The van der Waals surface area contributed by atoms with Crippen LogP contribution in [0.15, 0.2) is 23.1 Å². The Balaban J connectivity index is 2.83. The van der Waals surface area contributed by atoms with Gasteiger partial charge < -0.3 is 5.32 Å². The summed E-state index contributed by atoms with van der Waals surface area (Å²) in [4.78, 5) is -0.188. The average Bonchev–Trinajstić information content (AvgIpc) is 2.29. The molecule has 0 aliphatic heterocycles. The number of benzene rings is 1. The predicted molar refractivity (Wildman–Crippen MR) is 66.2 cm³/mol. The van der Waals surface area contributed by atoms with E-state index >= 15 is 0 Å². The van der Waals surface area contributed by atoms with E-state index in [4.69, 9.17) is 0 Å². The summed E-state index contributed by atoms with van der Waals surface area (Å²) in [7, 11) is -3.60. The average molecular weight is 277 g/mol. The first kappa shape index (κ1) is 15.0. The Morgan fingerprint density at radius 1 is 1.28 bits per heavy atom. The molecular formula is C12H17F2NO2S. The van der Waals surface area contributed by atoms with Crippen molar-refractivity contribution in [3.8, 4) is 0 Å². The first-order valence-corrected chi connectivity index (χ1v) is 7.43. The highest BCUT2D eigenvalue weighted by Gasteiger charge is 2.19. The molecule has 0 aliphatic rings. The maximum atomic E-state index is 13.0. The van der Waals surface area contributed by atoms with Gasteiger partial charge in [0.1, 0.15) is 0 Å². The minimum atomic E-state index is -3.60. The van der Waals surface area contributed by atoms with Crippen LogP contribution in [0.3, 0.4) is 0 Å². The molecule has 1 N–H and O–H groups in total. The molecule has 1 aromatic carbocycles. The second-order valence-electron chi connectivity index (χ2n) is 4.21. The maximum absolute atomic E-state index is 13.0. The molecule has 1 rings (SSSR count). The molecule has 0 aromatic heterocycles. The first-order valence-electron chi connectivity index (χ1n) is 5.78. The first-order chi connectivity index (χ1) is 8.36. The SMILES string of the molecule is CCCNC(C)CS(=O)(=O)c1ccc(F)c(F)c1. The molecule has 0 amide bonds. The monoisotopic (exact) mass is 277 g/mol. The lowest BCUT2D eigenvalue weighted by Gasteiger charge is -2.13. The topological polar surface area (TPSA) is 46.2 Å². The quantitative estimate of drug-likeness (QED) is 0.810. The van der Waals surface area contributed by atoms with Gasteiger partial charge in [0.25, 0.3) is 0 Å².